The van der Waals surface area contributed by atoms with Gasteiger partial charge in [0.1, 0.15) is 11.6 Å². The molecule has 220 valence electrons. The van der Waals surface area contributed by atoms with E-state index in [-0.39, 0.29) is 36.7 Å². The zero-order valence-electron chi connectivity index (χ0n) is 23.0. The van der Waals surface area contributed by atoms with Gasteiger partial charge in [-0.15, -0.1) is 0 Å². The van der Waals surface area contributed by atoms with Crippen molar-refractivity contribution in [3.05, 3.63) is 106 Å². The molecule has 0 radical (unpaired) electrons. The second-order valence-corrected chi connectivity index (χ2v) is 11.7. The number of hydrogen-bond donors (Lipinski definition) is 0. The van der Waals surface area contributed by atoms with Crippen molar-refractivity contribution < 1.29 is 26.7 Å². The second-order valence-electron chi connectivity index (χ2n) is 11.7. The number of Topliss-reactive ketones (excluding diaryl/α,β-unsaturated/α-hetero) is 1. The first kappa shape index (κ1) is 27.6. The maximum absolute atomic E-state index is 14.2. The molecule has 3 atom stereocenters. The summed E-state index contributed by atoms with van der Waals surface area (Å²) in [4.78, 5) is 22.8. The number of fused-ring (bicyclic) bond motifs is 4. The Bertz CT molecular complexity index is 1760. The molecule has 1 aromatic carbocycles. The summed E-state index contributed by atoms with van der Waals surface area (Å²) in [6.45, 7) is -0.316. The number of carbonyl (C=O) groups is 1. The average molecular weight is 591 g/mol. The van der Waals surface area contributed by atoms with E-state index >= 15 is 0 Å². The van der Waals surface area contributed by atoms with Gasteiger partial charge in [0.25, 0.3) is 0 Å². The van der Waals surface area contributed by atoms with Gasteiger partial charge < -0.3 is 0 Å². The molecule has 7 rings (SSSR count). The minimum atomic E-state index is -4.61. The third-order valence-corrected chi connectivity index (χ3v) is 8.75. The van der Waals surface area contributed by atoms with Crippen LogP contribution in [0.3, 0.4) is 0 Å². The van der Waals surface area contributed by atoms with Crippen LogP contribution >= 0.6 is 0 Å². The molecule has 1 saturated carbocycles. The number of benzene rings is 1. The quantitative estimate of drug-likeness (QED) is 0.203. The summed E-state index contributed by atoms with van der Waals surface area (Å²) in [5.74, 6) is -2.10. The maximum Gasteiger partial charge on any atom is 0.435 e. The SMILES string of the molecule is O=C(C[C@@H](Cc1cc(F)cc(F)c1)c1ncccc1-c1cnc2c(c1)C=CC2)Cn1nc(C(F)(F)F)c2c1C1CC1CC2. The third-order valence-electron chi connectivity index (χ3n) is 8.75. The monoisotopic (exact) mass is 590 g/mol. The van der Waals surface area contributed by atoms with Crippen molar-refractivity contribution in [2.45, 2.75) is 63.1 Å². The highest BCUT2D eigenvalue weighted by Gasteiger charge is 2.49. The Morgan fingerprint density at radius 3 is 2.70 bits per heavy atom. The number of aromatic nitrogens is 4. The lowest BCUT2D eigenvalue weighted by Crippen LogP contribution is -2.19. The molecule has 0 aliphatic heterocycles. The minimum absolute atomic E-state index is 0.00466. The molecule has 3 heterocycles. The Balaban J connectivity index is 1.24. The van der Waals surface area contributed by atoms with Crippen molar-refractivity contribution >= 4 is 11.9 Å². The van der Waals surface area contributed by atoms with Crippen molar-refractivity contribution in [3.8, 4) is 11.1 Å². The lowest BCUT2D eigenvalue weighted by molar-refractivity contribution is -0.142. The predicted octanol–water partition coefficient (Wildman–Crippen LogP) is 7.24. The first-order valence-corrected chi connectivity index (χ1v) is 14.4. The Kier molecular flexibility index (Phi) is 6.74. The summed E-state index contributed by atoms with van der Waals surface area (Å²) in [5.41, 5.74) is 4.16. The van der Waals surface area contributed by atoms with Crippen LogP contribution in [-0.4, -0.2) is 25.5 Å². The van der Waals surface area contributed by atoms with Gasteiger partial charge in [0.15, 0.2) is 11.5 Å². The molecule has 3 aromatic heterocycles. The topological polar surface area (TPSA) is 60.7 Å². The van der Waals surface area contributed by atoms with Crippen LogP contribution in [0.2, 0.25) is 0 Å². The van der Waals surface area contributed by atoms with Crippen molar-refractivity contribution in [3.63, 3.8) is 0 Å². The van der Waals surface area contributed by atoms with E-state index in [1.165, 1.54) is 16.8 Å². The average Bonchev–Trinajstić information content (AvgIpc) is 3.42. The number of alkyl halides is 3. The molecular weight excluding hydrogens is 563 g/mol. The van der Waals surface area contributed by atoms with Gasteiger partial charge in [-0.3, -0.25) is 19.4 Å². The van der Waals surface area contributed by atoms with Crippen LogP contribution in [0.4, 0.5) is 22.0 Å². The van der Waals surface area contributed by atoms with E-state index in [0.29, 0.717) is 35.7 Å². The number of allylic oxidation sites excluding steroid dienone is 1. The van der Waals surface area contributed by atoms with Gasteiger partial charge in [0.2, 0.25) is 0 Å². The summed E-state index contributed by atoms with van der Waals surface area (Å²) < 4.78 is 71.1. The molecule has 0 amide bonds. The molecule has 4 aromatic rings. The molecule has 3 aliphatic carbocycles. The van der Waals surface area contributed by atoms with Crippen LogP contribution in [0.5, 0.6) is 0 Å². The smallest absolute Gasteiger partial charge is 0.298 e. The molecule has 0 spiro atoms. The second kappa shape index (κ2) is 10.5. The van der Waals surface area contributed by atoms with Crippen LogP contribution in [0.25, 0.3) is 17.2 Å². The van der Waals surface area contributed by atoms with E-state index in [1.54, 1.807) is 18.5 Å². The third kappa shape index (κ3) is 5.39. The summed E-state index contributed by atoms with van der Waals surface area (Å²) in [7, 11) is 0. The van der Waals surface area contributed by atoms with E-state index in [1.807, 2.05) is 24.3 Å². The lowest BCUT2D eigenvalue weighted by atomic mass is 9.87. The largest absolute Gasteiger partial charge is 0.435 e. The van der Waals surface area contributed by atoms with Crippen molar-refractivity contribution in [1.29, 1.82) is 0 Å². The number of rotatable bonds is 8. The molecule has 10 heteroatoms. The minimum Gasteiger partial charge on any atom is -0.298 e. The molecular formula is C33H27F5N4O. The summed E-state index contributed by atoms with van der Waals surface area (Å²) in [6, 6.07) is 8.84. The fourth-order valence-corrected chi connectivity index (χ4v) is 6.80. The lowest BCUT2D eigenvalue weighted by Gasteiger charge is -2.20. The van der Waals surface area contributed by atoms with Gasteiger partial charge in [0, 0.05) is 65.5 Å². The van der Waals surface area contributed by atoms with E-state index < -0.39 is 29.4 Å². The maximum atomic E-state index is 14.2. The number of carbonyl (C=O) groups excluding carboxylic acids is 1. The van der Waals surface area contributed by atoms with Gasteiger partial charge in [-0.25, -0.2) is 8.78 Å². The zero-order chi connectivity index (χ0) is 29.9. The Hall–Kier alpha value is -4.21. The van der Waals surface area contributed by atoms with E-state index in [0.717, 1.165) is 41.3 Å². The summed E-state index contributed by atoms with van der Waals surface area (Å²) in [6.07, 6.45) is 5.28. The number of nitrogens with zero attached hydrogens (tertiary/aromatic N) is 4. The molecule has 43 heavy (non-hydrogen) atoms. The number of pyridine rings is 2. The number of ketones is 1. The molecule has 0 saturated heterocycles. The molecule has 0 bridgehead atoms. The molecule has 3 aliphatic rings. The van der Waals surface area contributed by atoms with Crippen molar-refractivity contribution in [2.75, 3.05) is 0 Å². The number of halogens is 5. The highest BCUT2D eigenvalue weighted by atomic mass is 19.4. The molecule has 5 nitrogen and oxygen atoms in total. The standard InChI is InChI=1S/C33H27F5N4O/c34-23-10-18(11-24(35)15-23)9-21(30-26(4-2-8-39-30)22-12-20-3-1-5-29(20)40-16-22)13-25(43)17-42-31-27(7-6-19-14-28(19)31)32(41-42)33(36,37)38/h1-4,8,10-12,15-16,19,21,28H,5-7,9,13-14,17H2/t19?,21-,28?/m1/s1. The van der Waals surface area contributed by atoms with Crippen molar-refractivity contribution in [1.82, 2.24) is 19.7 Å². The van der Waals surface area contributed by atoms with Gasteiger partial charge in [-0.2, -0.15) is 18.3 Å². The first-order chi connectivity index (χ1) is 20.6. The van der Waals surface area contributed by atoms with E-state index in [4.69, 9.17) is 0 Å². The summed E-state index contributed by atoms with van der Waals surface area (Å²) in [5, 5.41) is 3.91. The van der Waals surface area contributed by atoms with Gasteiger partial charge >= 0.3 is 6.18 Å². The van der Waals surface area contributed by atoms with Gasteiger partial charge in [0.05, 0.1) is 17.9 Å². The Morgan fingerprint density at radius 1 is 1.09 bits per heavy atom. The summed E-state index contributed by atoms with van der Waals surface area (Å²) >= 11 is 0. The highest BCUT2D eigenvalue weighted by molar-refractivity contribution is 5.80. The molecule has 0 N–H and O–H groups in total. The van der Waals surface area contributed by atoms with E-state index in [9.17, 15) is 26.7 Å². The van der Waals surface area contributed by atoms with Crippen LogP contribution in [0.15, 0.2) is 54.9 Å². The molecule has 1 fully saturated rings. The first-order valence-electron chi connectivity index (χ1n) is 14.4. The fourth-order valence-electron chi connectivity index (χ4n) is 6.80. The predicted molar refractivity (Wildman–Crippen MR) is 149 cm³/mol. The van der Waals surface area contributed by atoms with E-state index in [2.05, 4.69) is 15.1 Å². The Labute approximate surface area is 244 Å². The normalized spacial score (nSPS) is 19.1. The van der Waals surface area contributed by atoms with Crippen LogP contribution in [0, 0.1) is 17.6 Å². The van der Waals surface area contributed by atoms with Crippen LogP contribution in [0.1, 0.15) is 70.6 Å². The van der Waals surface area contributed by atoms with Crippen molar-refractivity contribution in [2.24, 2.45) is 5.92 Å². The van der Waals surface area contributed by atoms with Gasteiger partial charge in [-0.1, -0.05) is 18.2 Å². The molecule has 2 unspecified atom stereocenters. The highest BCUT2D eigenvalue weighted by Crippen LogP contribution is 2.56. The fraction of sp³-hybridized carbons (Fsp3) is 0.333. The van der Waals surface area contributed by atoms with Gasteiger partial charge in [-0.05, 0) is 67.0 Å². The van der Waals surface area contributed by atoms with Crippen LogP contribution < -0.4 is 0 Å². The number of hydrogen-bond acceptors (Lipinski definition) is 4. The van der Waals surface area contributed by atoms with Crippen LogP contribution in [-0.2, 0) is 36.8 Å². The zero-order valence-corrected chi connectivity index (χ0v) is 23.0. The Morgan fingerprint density at radius 2 is 1.91 bits per heavy atom.